The summed E-state index contributed by atoms with van der Waals surface area (Å²) in [5.74, 6) is -0.192. The SMILES string of the molecule is CCCN1C(=O)C(=O)/C(=C(\O)c2ccc(Cl)c(OCC)c2)C1c1ccc(C)o1. The van der Waals surface area contributed by atoms with E-state index in [1.54, 1.807) is 37.3 Å². The maximum absolute atomic E-state index is 12.8. The van der Waals surface area contributed by atoms with Crippen molar-refractivity contribution in [1.29, 1.82) is 0 Å². The summed E-state index contributed by atoms with van der Waals surface area (Å²) < 4.78 is 11.2. The lowest BCUT2D eigenvalue weighted by atomic mass is 9.99. The molecule has 3 rings (SSSR count). The number of hydrogen-bond donors (Lipinski definition) is 1. The first-order valence-electron chi connectivity index (χ1n) is 9.16. The fraction of sp³-hybridized carbons (Fsp3) is 0.333. The molecule has 2 aromatic rings. The number of aryl methyl sites for hydroxylation is 1. The number of ether oxygens (including phenoxy) is 1. The number of likely N-dealkylation sites (tertiary alicyclic amines) is 1. The van der Waals surface area contributed by atoms with Gasteiger partial charge in [-0.3, -0.25) is 9.59 Å². The van der Waals surface area contributed by atoms with Crippen LogP contribution in [0.4, 0.5) is 0 Å². The number of carbonyl (C=O) groups excluding carboxylic acids is 2. The summed E-state index contributed by atoms with van der Waals surface area (Å²) in [5, 5.41) is 11.3. The summed E-state index contributed by atoms with van der Waals surface area (Å²) in [5.41, 5.74) is 0.341. The molecule has 1 atom stereocenters. The molecule has 1 aliphatic rings. The molecule has 2 heterocycles. The van der Waals surface area contributed by atoms with Gasteiger partial charge in [-0.1, -0.05) is 18.5 Å². The second kappa shape index (κ2) is 8.10. The molecule has 1 aromatic carbocycles. The van der Waals surface area contributed by atoms with Gasteiger partial charge < -0.3 is 19.2 Å². The van der Waals surface area contributed by atoms with E-state index in [0.29, 0.717) is 47.4 Å². The topological polar surface area (TPSA) is 80.0 Å². The largest absolute Gasteiger partial charge is 0.507 e. The number of carbonyl (C=O) groups is 2. The highest BCUT2D eigenvalue weighted by atomic mass is 35.5. The van der Waals surface area contributed by atoms with E-state index >= 15 is 0 Å². The molecule has 1 saturated heterocycles. The van der Waals surface area contributed by atoms with Crippen LogP contribution in [0.5, 0.6) is 5.75 Å². The van der Waals surface area contributed by atoms with Crippen LogP contribution in [0.25, 0.3) is 5.76 Å². The third-order valence-electron chi connectivity index (χ3n) is 4.54. The molecule has 0 bridgehead atoms. The Kier molecular flexibility index (Phi) is 5.79. The minimum atomic E-state index is -0.778. The van der Waals surface area contributed by atoms with Crippen molar-refractivity contribution in [1.82, 2.24) is 4.90 Å². The minimum Gasteiger partial charge on any atom is -0.507 e. The minimum absolute atomic E-state index is 0.00225. The van der Waals surface area contributed by atoms with Crippen LogP contribution in [0.15, 0.2) is 40.3 Å². The van der Waals surface area contributed by atoms with Gasteiger partial charge in [-0.15, -0.1) is 0 Å². The Morgan fingerprint density at radius 2 is 2.00 bits per heavy atom. The fourth-order valence-corrected chi connectivity index (χ4v) is 3.49. The van der Waals surface area contributed by atoms with Gasteiger partial charge in [0.1, 0.15) is 29.1 Å². The molecule has 1 unspecified atom stereocenters. The van der Waals surface area contributed by atoms with Crippen molar-refractivity contribution in [3.63, 3.8) is 0 Å². The highest BCUT2D eigenvalue weighted by Gasteiger charge is 2.47. The van der Waals surface area contributed by atoms with Crippen molar-refractivity contribution in [2.24, 2.45) is 0 Å². The Morgan fingerprint density at radius 3 is 2.61 bits per heavy atom. The Balaban J connectivity index is 2.16. The van der Waals surface area contributed by atoms with E-state index in [0.717, 1.165) is 0 Å². The second-order valence-electron chi connectivity index (χ2n) is 6.52. The zero-order valence-electron chi connectivity index (χ0n) is 16.0. The normalized spacial score (nSPS) is 18.7. The van der Waals surface area contributed by atoms with Crippen LogP contribution in [-0.4, -0.2) is 34.8 Å². The van der Waals surface area contributed by atoms with E-state index < -0.39 is 17.7 Å². The average Bonchev–Trinajstić information content (AvgIpc) is 3.20. The molecule has 0 saturated carbocycles. The third-order valence-corrected chi connectivity index (χ3v) is 4.85. The Bertz CT molecular complexity index is 946. The summed E-state index contributed by atoms with van der Waals surface area (Å²) in [4.78, 5) is 26.8. The van der Waals surface area contributed by atoms with Gasteiger partial charge in [0.25, 0.3) is 11.7 Å². The van der Waals surface area contributed by atoms with Crippen LogP contribution in [0, 0.1) is 6.92 Å². The zero-order chi connectivity index (χ0) is 20.4. The molecule has 1 amide bonds. The number of aliphatic hydroxyl groups excluding tert-OH is 1. The fourth-order valence-electron chi connectivity index (χ4n) is 3.32. The van der Waals surface area contributed by atoms with Gasteiger partial charge in [0, 0.05) is 12.1 Å². The van der Waals surface area contributed by atoms with E-state index in [2.05, 4.69) is 0 Å². The van der Waals surface area contributed by atoms with Gasteiger partial charge >= 0.3 is 0 Å². The smallest absolute Gasteiger partial charge is 0.295 e. The highest BCUT2D eigenvalue weighted by molar-refractivity contribution is 6.46. The number of aliphatic hydroxyl groups is 1. The number of rotatable bonds is 6. The van der Waals surface area contributed by atoms with Crippen LogP contribution < -0.4 is 4.74 Å². The molecule has 148 valence electrons. The van der Waals surface area contributed by atoms with Gasteiger partial charge in [0.05, 0.1) is 17.2 Å². The maximum atomic E-state index is 12.8. The standard InChI is InChI=1S/C21H22ClNO5/c1-4-10-23-18(15-9-6-12(3)28-15)17(20(25)21(23)26)19(24)13-7-8-14(22)16(11-13)27-5-2/h6-9,11,18,24H,4-5,10H2,1-3H3/b19-17-. The maximum Gasteiger partial charge on any atom is 0.295 e. The van der Waals surface area contributed by atoms with E-state index in [1.807, 2.05) is 13.8 Å². The summed E-state index contributed by atoms with van der Waals surface area (Å²) in [6.07, 6.45) is 0.665. The van der Waals surface area contributed by atoms with E-state index in [4.69, 9.17) is 20.8 Å². The monoisotopic (exact) mass is 403 g/mol. The van der Waals surface area contributed by atoms with Crippen molar-refractivity contribution in [3.8, 4) is 5.75 Å². The molecular weight excluding hydrogens is 382 g/mol. The molecule has 1 fully saturated rings. The number of Topliss-reactive ketones (excluding diaryl/α,β-unsaturated/α-hetero) is 1. The Hall–Kier alpha value is -2.73. The average molecular weight is 404 g/mol. The molecule has 1 aromatic heterocycles. The number of furan rings is 1. The van der Waals surface area contributed by atoms with Crippen molar-refractivity contribution in [2.45, 2.75) is 33.2 Å². The predicted octanol–water partition coefficient (Wildman–Crippen LogP) is 4.47. The highest BCUT2D eigenvalue weighted by Crippen LogP contribution is 2.40. The quantitative estimate of drug-likeness (QED) is 0.437. The van der Waals surface area contributed by atoms with Crippen LogP contribution in [0.3, 0.4) is 0 Å². The van der Waals surface area contributed by atoms with Crippen LogP contribution in [0.2, 0.25) is 5.02 Å². The number of ketones is 1. The molecule has 1 aliphatic heterocycles. The van der Waals surface area contributed by atoms with E-state index in [1.165, 1.54) is 4.90 Å². The number of nitrogens with zero attached hydrogens (tertiary/aromatic N) is 1. The lowest BCUT2D eigenvalue weighted by Crippen LogP contribution is -2.30. The molecule has 0 radical (unpaired) electrons. The molecule has 7 heteroatoms. The predicted molar refractivity (Wildman–Crippen MR) is 105 cm³/mol. The molecule has 6 nitrogen and oxygen atoms in total. The molecule has 28 heavy (non-hydrogen) atoms. The van der Waals surface area contributed by atoms with Crippen molar-refractivity contribution >= 4 is 29.1 Å². The number of halogens is 1. The van der Waals surface area contributed by atoms with E-state index in [9.17, 15) is 14.7 Å². The molecule has 0 aliphatic carbocycles. The first-order chi connectivity index (χ1) is 13.4. The van der Waals surface area contributed by atoms with Gasteiger partial charge in [-0.25, -0.2) is 0 Å². The van der Waals surface area contributed by atoms with Gasteiger partial charge in [-0.2, -0.15) is 0 Å². The Labute approximate surface area is 168 Å². The van der Waals surface area contributed by atoms with Gasteiger partial charge in [0.15, 0.2) is 0 Å². The van der Waals surface area contributed by atoms with Crippen molar-refractivity contribution < 1.29 is 23.8 Å². The first-order valence-corrected chi connectivity index (χ1v) is 9.54. The first kappa shape index (κ1) is 20.0. The second-order valence-corrected chi connectivity index (χ2v) is 6.93. The lowest BCUT2D eigenvalue weighted by molar-refractivity contribution is -0.140. The summed E-state index contributed by atoms with van der Waals surface area (Å²) in [7, 11) is 0. The summed E-state index contributed by atoms with van der Waals surface area (Å²) in [6, 6.07) is 7.42. The molecule has 0 spiro atoms. The molecular formula is C21H22ClNO5. The zero-order valence-corrected chi connectivity index (χ0v) is 16.7. The number of amides is 1. The molecule has 1 N–H and O–H groups in total. The van der Waals surface area contributed by atoms with Crippen LogP contribution in [0.1, 0.15) is 43.4 Å². The third kappa shape index (κ3) is 3.52. The van der Waals surface area contributed by atoms with Gasteiger partial charge in [0.2, 0.25) is 0 Å². The summed E-state index contributed by atoms with van der Waals surface area (Å²) >= 11 is 6.12. The number of hydrogen-bond acceptors (Lipinski definition) is 5. The van der Waals surface area contributed by atoms with Gasteiger partial charge in [-0.05, 0) is 50.6 Å². The number of benzene rings is 1. The van der Waals surface area contributed by atoms with Crippen molar-refractivity contribution in [3.05, 3.63) is 58.0 Å². The lowest BCUT2D eigenvalue weighted by Gasteiger charge is -2.22. The summed E-state index contributed by atoms with van der Waals surface area (Å²) in [6.45, 7) is 6.28. The Morgan fingerprint density at radius 1 is 1.25 bits per heavy atom. The van der Waals surface area contributed by atoms with Crippen LogP contribution in [-0.2, 0) is 9.59 Å². The van der Waals surface area contributed by atoms with Crippen molar-refractivity contribution in [2.75, 3.05) is 13.2 Å². The van der Waals surface area contributed by atoms with E-state index in [-0.39, 0.29) is 11.3 Å². The van der Waals surface area contributed by atoms with Crippen LogP contribution >= 0.6 is 11.6 Å².